The largest absolute Gasteiger partial charge is 0.462 e. The highest BCUT2D eigenvalue weighted by atomic mass is 16.5. The molecule has 1 aliphatic heterocycles. The predicted octanol–water partition coefficient (Wildman–Crippen LogP) is 11.5. The maximum Gasteiger partial charge on any atom is 0.306 e. The molecule has 0 radical (unpaired) electrons. The van der Waals surface area contributed by atoms with Crippen LogP contribution in [0.25, 0.3) is 0 Å². The monoisotopic (exact) mass is 690 g/mol. The van der Waals surface area contributed by atoms with Gasteiger partial charge in [-0.15, -0.1) is 0 Å². The molecule has 1 aliphatic rings. The molecule has 0 saturated carbocycles. The maximum absolute atomic E-state index is 12.7. The topological polar surface area (TPSA) is 72.9 Å². The van der Waals surface area contributed by atoms with Gasteiger partial charge in [-0.1, -0.05) is 117 Å². The molecule has 6 heteroatoms. The molecule has 0 aromatic heterocycles. The minimum Gasteiger partial charge on any atom is -0.462 e. The van der Waals surface area contributed by atoms with Crippen molar-refractivity contribution < 1.29 is 23.9 Å². The molecular formula is C43H79NO5. The van der Waals surface area contributed by atoms with Gasteiger partial charge in [-0.2, -0.15) is 0 Å². The highest BCUT2D eigenvalue weighted by Gasteiger charge is 2.30. The van der Waals surface area contributed by atoms with Crippen LogP contribution in [0, 0.1) is 5.92 Å². The quantitative estimate of drug-likeness (QED) is 0.0375. The van der Waals surface area contributed by atoms with E-state index >= 15 is 0 Å². The number of carbonyl (C=O) groups is 3. The number of rotatable bonds is 35. The van der Waals surface area contributed by atoms with Crippen LogP contribution in [-0.4, -0.2) is 60.9 Å². The van der Waals surface area contributed by atoms with Crippen LogP contribution in [0.5, 0.6) is 0 Å². The standard InChI is InChI=1S/C43H79NO5/c1-5-8-10-12-15-21-28-42(29-22-16-13-11-9-6-2)49-43(47)30-23-17-14-18-25-34-48-37-40-35-39(31-32-41(46)26-7-3)36-44(40)33-24-19-20-27-38(4)45/h31-32,39-40,42H,5-30,33-37H2,1-4H3/t39-,40-/m0/s1. The second-order valence-corrected chi connectivity index (χ2v) is 15.1. The summed E-state index contributed by atoms with van der Waals surface area (Å²) in [5, 5.41) is 0. The van der Waals surface area contributed by atoms with E-state index in [0.717, 1.165) is 103 Å². The summed E-state index contributed by atoms with van der Waals surface area (Å²) in [5.74, 6) is 0.914. The number of ether oxygens (including phenoxy) is 2. The zero-order valence-electron chi connectivity index (χ0n) is 32.8. The third-order valence-corrected chi connectivity index (χ3v) is 10.1. The van der Waals surface area contributed by atoms with Crippen LogP contribution in [0.2, 0.25) is 0 Å². The molecule has 0 aliphatic carbocycles. The Bertz CT molecular complexity index is 826. The minimum atomic E-state index is 0.00754. The van der Waals surface area contributed by atoms with E-state index in [9.17, 15) is 14.4 Å². The van der Waals surface area contributed by atoms with E-state index in [4.69, 9.17) is 9.47 Å². The van der Waals surface area contributed by atoms with Crippen molar-refractivity contribution in [2.75, 3.05) is 26.3 Å². The SMILES string of the molecule is CCCCCCCCC(CCCCCCCC)OC(=O)CCCCCCCOC[C@@H]1C[C@H](C=CC(=O)CCC)CN1CCCCCC(C)=O. The van der Waals surface area contributed by atoms with Crippen LogP contribution >= 0.6 is 0 Å². The lowest BCUT2D eigenvalue weighted by Crippen LogP contribution is -2.34. The molecule has 2 atom stereocenters. The van der Waals surface area contributed by atoms with Gasteiger partial charge >= 0.3 is 5.97 Å². The summed E-state index contributed by atoms with van der Waals surface area (Å²) >= 11 is 0. The molecule has 49 heavy (non-hydrogen) atoms. The number of Topliss-reactive ketones (excluding diaryl/α,β-unsaturated/α-hetero) is 1. The van der Waals surface area contributed by atoms with E-state index in [1.165, 1.54) is 77.0 Å². The molecule has 1 rings (SSSR count). The first-order valence-electron chi connectivity index (χ1n) is 21.1. The Labute approximate surface area is 303 Å². The minimum absolute atomic E-state index is 0.00754. The second-order valence-electron chi connectivity index (χ2n) is 15.1. The fourth-order valence-electron chi connectivity index (χ4n) is 7.08. The van der Waals surface area contributed by atoms with Crippen molar-refractivity contribution >= 4 is 17.5 Å². The number of nitrogens with zero attached hydrogens (tertiary/aromatic N) is 1. The summed E-state index contributed by atoms with van der Waals surface area (Å²) in [6.07, 6.45) is 33.7. The number of unbranched alkanes of at least 4 members (excludes halogenated alkanes) is 16. The van der Waals surface area contributed by atoms with E-state index in [-0.39, 0.29) is 23.6 Å². The average Bonchev–Trinajstić information content (AvgIpc) is 3.47. The van der Waals surface area contributed by atoms with Crippen molar-refractivity contribution in [3.8, 4) is 0 Å². The smallest absolute Gasteiger partial charge is 0.306 e. The van der Waals surface area contributed by atoms with E-state index in [2.05, 4.69) is 24.8 Å². The highest BCUT2D eigenvalue weighted by molar-refractivity contribution is 5.89. The summed E-state index contributed by atoms with van der Waals surface area (Å²) in [5.41, 5.74) is 0. The Balaban J connectivity index is 2.29. The number of ketones is 2. The van der Waals surface area contributed by atoms with Crippen molar-refractivity contribution in [3.05, 3.63) is 12.2 Å². The first-order valence-corrected chi connectivity index (χ1v) is 21.1. The molecule has 0 bridgehead atoms. The van der Waals surface area contributed by atoms with Crippen molar-refractivity contribution in [2.45, 2.75) is 213 Å². The first kappa shape index (κ1) is 45.5. The number of likely N-dealkylation sites (tertiary alicyclic amines) is 1. The summed E-state index contributed by atoms with van der Waals surface area (Å²) in [6.45, 7) is 11.8. The van der Waals surface area contributed by atoms with Crippen LogP contribution in [-0.2, 0) is 23.9 Å². The Morgan fingerprint density at radius 2 is 1.24 bits per heavy atom. The average molecular weight is 690 g/mol. The first-order chi connectivity index (χ1) is 23.9. The Hall–Kier alpha value is -1.53. The van der Waals surface area contributed by atoms with Crippen LogP contribution in [0.1, 0.15) is 201 Å². The van der Waals surface area contributed by atoms with Gasteiger partial charge in [0.25, 0.3) is 0 Å². The van der Waals surface area contributed by atoms with E-state index in [1.807, 2.05) is 6.92 Å². The van der Waals surface area contributed by atoms with Gasteiger partial charge in [-0.05, 0) is 89.7 Å². The van der Waals surface area contributed by atoms with Gasteiger partial charge in [0.05, 0.1) is 6.61 Å². The van der Waals surface area contributed by atoms with E-state index in [1.54, 1.807) is 13.0 Å². The van der Waals surface area contributed by atoms with Gasteiger partial charge in [0.1, 0.15) is 11.9 Å². The predicted molar refractivity (Wildman–Crippen MR) is 206 cm³/mol. The number of hydrogen-bond donors (Lipinski definition) is 0. The van der Waals surface area contributed by atoms with Gasteiger partial charge in [-0.25, -0.2) is 0 Å². The second kappa shape index (κ2) is 32.4. The Morgan fingerprint density at radius 1 is 0.673 bits per heavy atom. The fourth-order valence-corrected chi connectivity index (χ4v) is 7.08. The molecule has 0 unspecified atom stereocenters. The van der Waals surface area contributed by atoms with Crippen molar-refractivity contribution in [3.63, 3.8) is 0 Å². The van der Waals surface area contributed by atoms with Gasteiger partial charge in [0.15, 0.2) is 5.78 Å². The van der Waals surface area contributed by atoms with E-state index in [0.29, 0.717) is 31.2 Å². The van der Waals surface area contributed by atoms with Gasteiger partial charge in [0.2, 0.25) is 0 Å². The summed E-state index contributed by atoms with van der Waals surface area (Å²) < 4.78 is 12.2. The van der Waals surface area contributed by atoms with Gasteiger partial charge in [-0.3, -0.25) is 14.5 Å². The number of hydrogen-bond acceptors (Lipinski definition) is 6. The van der Waals surface area contributed by atoms with Gasteiger partial charge in [0, 0.05) is 38.5 Å². The Kier molecular flexibility index (Phi) is 30.1. The third-order valence-electron chi connectivity index (χ3n) is 10.1. The summed E-state index contributed by atoms with van der Waals surface area (Å²) in [4.78, 5) is 38.6. The fraction of sp³-hybridized carbons (Fsp3) is 0.884. The van der Waals surface area contributed by atoms with Gasteiger partial charge < -0.3 is 14.3 Å². The number of esters is 1. The molecule has 1 saturated heterocycles. The van der Waals surface area contributed by atoms with Crippen LogP contribution in [0.3, 0.4) is 0 Å². The molecule has 0 N–H and O–H groups in total. The van der Waals surface area contributed by atoms with Crippen LogP contribution in [0.15, 0.2) is 12.2 Å². The molecule has 0 aromatic carbocycles. The zero-order valence-corrected chi connectivity index (χ0v) is 32.8. The lowest BCUT2D eigenvalue weighted by Gasteiger charge is -2.24. The molecule has 1 fully saturated rings. The lowest BCUT2D eigenvalue weighted by molar-refractivity contribution is -0.150. The lowest BCUT2D eigenvalue weighted by atomic mass is 10.0. The maximum atomic E-state index is 12.7. The third kappa shape index (κ3) is 26.9. The molecular weight excluding hydrogens is 610 g/mol. The normalized spacial score (nSPS) is 16.7. The molecule has 1 heterocycles. The number of allylic oxidation sites excluding steroid dienone is 1. The van der Waals surface area contributed by atoms with Crippen molar-refractivity contribution in [1.82, 2.24) is 4.90 Å². The van der Waals surface area contributed by atoms with Crippen LogP contribution < -0.4 is 0 Å². The number of carbonyl (C=O) groups excluding carboxylic acids is 3. The van der Waals surface area contributed by atoms with Crippen LogP contribution in [0.4, 0.5) is 0 Å². The van der Waals surface area contributed by atoms with Crippen molar-refractivity contribution in [1.29, 1.82) is 0 Å². The van der Waals surface area contributed by atoms with E-state index < -0.39 is 0 Å². The highest BCUT2D eigenvalue weighted by Crippen LogP contribution is 2.26. The molecule has 6 nitrogen and oxygen atoms in total. The molecule has 0 aromatic rings. The summed E-state index contributed by atoms with van der Waals surface area (Å²) in [6, 6.07) is 0.390. The molecule has 0 amide bonds. The molecule has 286 valence electrons. The van der Waals surface area contributed by atoms with Crippen molar-refractivity contribution in [2.24, 2.45) is 5.92 Å². The zero-order chi connectivity index (χ0) is 35.8. The molecule has 0 spiro atoms. The Morgan fingerprint density at radius 3 is 1.88 bits per heavy atom. The summed E-state index contributed by atoms with van der Waals surface area (Å²) in [7, 11) is 0.